The first-order valence-electron chi connectivity index (χ1n) is 6.92. The predicted octanol–water partition coefficient (Wildman–Crippen LogP) is 4.58. The van der Waals surface area contributed by atoms with Crippen molar-refractivity contribution in [3.63, 3.8) is 0 Å². The standard InChI is InChI=1S/C16H12Cl2F2N2O2S/c17-11-5-9(1-3-13(11)19)21-15(23)7-25-8-16(24)22-10-2-4-14(20)12(18)6-10/h1-6H,7-8H2,(H,21,23)(H,22,24). The van der Waals surface area contributed by atoms with E-state index in [9.17, 15) is 18.4 Å². The molecular formula is C16H12Cl2F2N2O2S. The first-order valence-corrected chi connectivity index (χ1v) is 8.84. The summed E-state index contributed by atoms with van der Waals surface area (Å²) in [5.41, 5.74) is 0.727. The number of benzene rings is 2. The van der Waals surface area contributed by atoms with Gasteiger partial charge in [-0.2, -0.15) is 0 Å². The van der Waals surface area contributed by atoms with Gasteiger partial charge in [0.1, 0.15) is 11.6 Å². The van der Waals surface area contributed by atoms with Gasteiger partial charge in [-0.05, 0) is 36.4 Å². The third-order valence-corrected chi connectivity index (χ3v) is 4.38. The van der Waals surface area contributed by atoms with E-state index in [0.717, 1.165) is 23.9 Å². The average Bonchev–Trinajstić information content (AvgIpc) is 2.54. The van der Waals surface area contributed by atoms with Gasteiger partial charge < -0.3 is 10.6 Å². The van der Waals surface area contributed by atoms with Crippen LogP contribution in [0.3, 0.4) is 0 Å². The highest BCUT2D eigenvalue weighted by Crippen LogP contribution is 2.20. The molecule has 2 rings (SSSR count). The van der Waals surface area contributed by atoms with Gasteiger partial charge in [0.05, 0.1) is 21.6 Å². The number of nitrogens with one attached hydrogen (secondary N) is 2. The van der Waals surface area contributed by atoms with E-state index in [0.29, 0.717) is 11.4 Å². The second-order valence-electron chi connectivity index (χ2n) is 4.85. The number of amides is 2. The Kier molecular flexibility index (Phi) is 7.04. The molecule has 2 aromatic carbocycles. The van der Waals surface area contributed by atoms with Crippen molar-refractivity contribution in [3.8, 4) is 0 Å². The predicted molar refractivity (Wildman–Crippen MR) is 97.4 cm³/mol. The summed E-state index contributed by atoms with van der Waals surface area (Å²) in [4.78, 5) is 23.5. The molecule has 0 saturated carbocycles. The highest BCUT2D eigenvalue weighted by atomic mass is 35.5. The second-order valence-corrected chi connectivity index (χ2v) is 6.65. The number of hydrogen-bond donors (Lipinski definition) is 2. The lowest BCUT2D eigenvalue weighted by Gasteiger charge is -2.07. The Balaban J connectivity index is 1.75. The molecule has 0 atom stereocenters. The Morgan fingerprint density at radius 1 is 0.840 bits per heavy atom. The van der Waals surface area contributed by atoms with Crippen LogP contribution in [0.1, 0.15) is 0 Å². The fourth-order valence-corrected chi connectivity index (χ4v) is 2.76. The molecule has 2 aromatic rings. The minimum absolute atomic E-state index is 0.0204. The molecule has 0 bridgehead atoms. The van der Waals surface area contributed by atoms with Crippen LogP contribution in [-0.2, 0) is 9.59 Å². The van der Waals surface area contributed by atoms with Gasteiger partial charge in [-0.15, -0.1) is 11.8 Å². The Morgan fingerprint density at radius 2 is 1.24 bits per heavy atom. The van der Waals surface area contributed by atoms with Crippen molar-refractivity contribution in [2.75, 3.05) is 22.1 Å². The first-order chi connectivity index (χ1) is 11.8. The van der Waals surface area contributed by atoms with Crippen LogP contribution in [0, 0.1) is 11.6 Å². The number of hydrogen-bond acceptors (Lipinski definition) is 3. The van der Waals surface area contributed by atoms with Gasteiger partial charge in [-0.3, -0.25) is 9.59 Å². The van der Waals surface area contributed by atoms with Crippen LogP contribution in [0.5, 0.6) is 0 Å². The molecule has 0 aliphatic heterocycles. The molecule has 2 N–H and O–H groups in total. The number of rotatable bonds is 6. The second kappa shape index (κ2) is 9.03. The minimum Gasteiger partial charge on any atom is -0.325 e. The summed E-state index contributed by atoms with van der Waals surface area (Å²) >= 11 is 12.3. The van der Waals surface area contributed by atoms with Crippen molar-refractivity contribution in [2.45, 2.75) is 0 Å². The van der Waals surface area contributed by atoms with Crippen LogP contribution in [0.25, 0.3) is 0 Å². The number of thioether (sulfide) groups is 1. The van der Waals surface area contributed by atoms with Crippen molar-refractivity contribution in [2.24, 2.45) is 0 Å². The highest BCUT2D eigenvalue weighted by Gasteiger charge is 2.09. The lowest BCUT2D eigenvalue weighted by Crippen LogP contribution is -2.18. The summed E-state index contributed by atoms with van der Waals surface area (Å²) in [6.45, 7) is 0. The van der Waals surface area contributed by atoms with Crippen molar-refractivity contribution >= 4 is 58.2 Å². The molecular weight excluding hydrogens is 393 g/mol. The molecule has 0 spiro atoms. The van der Waals surface area contributed by atoms with Crippen LogP contribution in [0.4, 0.5) is 20.2 Å². The van der Waals surface area contributed by atoms with Crippen molar-refractivity contribution in [3.05, 3.63) is 58.1 Å². The Bertz CT molecular complexity index is 740. The lowest BCUT2D eigenvalue weighted by molar-refractivity contribution is -0.114. The fraction of sp³-hybridized carbons (Fsp3) is 0.125. The van der Waals surface area contributed by atoms with Gasteiger partial charge in [0.15, 0.2) is 0 Å². The molecule has 0 aliphatic carbocycles. The van der Waals surface area contributed by atoms with Crippen molar-refractivity contribution in [1.82, 2.24) is 0 Å². The zero-order valence-corrected chi connectivity index (χ0v) is 14.9. The van der Waals surface area contributed by atoms with E-state index in [1.54, 1.807) is 0 Å². The number of halogens is 4. The molecule has 0 heterocycles. The van der Waals surface area contributed by atoms with Gasteiger partial charge in [-0.25, -0.2) is 8.78 Å². The summed E-state index contributed by atoms with van der Waals surface area (Å²) in [6, 6.07) is 7.65. The Labute approximate surface area is 156 Å². The van der Waals surface area contributed by atoms with Crippen LogP contribution >= 0.6 is 35.0 Å². The van der Waals surface area contributed by atoms with E-state index in [1.165, 1.54) is 24.3 Å². The van der Waals surface area contributed by atoms with E-state index < -0.39 is 11.6 Å². The number of carbonyl (C=O) groups is 2. The molecule has 25 heavy (non-hydrogen) atoms. The van der Waals surface area contributed by atoms with E-state index in [-0.39, 0.29) is 33.4 Å². The zero-order valence-electron chi connectivity index (χ0n) is 12.6. The maximum atomic E-state index is 13.0. The first kappa shape index (κ1) is 19.5. The van der Waals surface area contributed by atoms with E-state index in [1.807, 2.05) is 0 Å². The van der Waals surface area contributed by atoms with Crippen molar-refractivity contribution in [1.29, 1.82) is 0 Å². The molecule has 9 heteroatoms. The molecule has 0 fully saturated rings. The van der Waals surface area contributed by atoms with Gasteiger partial charge in [0.2, 0.25) is 11.8 Å². The molecule has 0 aliphatic rings. The largest absolute Gasteiger partial charge is 0.325 e. The topological polar surface area (TPSA) is 58.2 Å². The van der Waals surface area contributed by atoms with E-state index in [2.05, 4.69) is 10.6 Å². The van der Waals surface area contributed by atoms with Crippen LogP contribution in [0.2, 0.25) is 10.0 Å². The summed E-state index contributed by atoms with van der Waals surface area (Å²) < 4.78 is 26.1. The smallest absolute Gasteiger partial charge is 0.234 e. The Hall–Kier alpha value is -1.83. The molecule has 0 aromatic heterocycles. The van der Waals surface area contributed by atoms with Gasteiger partial charge in [0, 0.05) is 11.4 Å². The van der Waals surface area contributed by atoms with Gasteiger partial charge in [0.25, 0.3) is 0 Å². The molecule has 0 unspecified atom stereocenters. The fourth-order valence-electron chi connectivity index (χ4n) is 1.78. The summed E-state index contributed by atoms with van der Waals surface area (Å²) in [5.74, 6) is -1.83. The molecule has 132 valence electrons. The molecule has 0 saturated heterocycles. The third kappa shape index (κ3) is 6.19. The quantitative estimate of drug-likeness (QED) is 0.740. The zero-order chi connectivity index (χ0) is 18.4. The molecule has 0 radical (unpaired) electrons. The van der Waals surface area contributed by atoms with Gasteiger partial charge >= 0.3 is 0 Å². The summed E-state index contributed by atoms with van der Waals surface area (Å²) in [5, 5.41) is 4.90. The van der Waals surface area contributed by atoms with Crippen LogP contribution in [-0.4, -0.2) is 23.3 Å². The summed E-state index contributed by atoms with van der Waals surface area (Å²) in [6.07, 6.45) is 0. The summed E-state index contributed by atoms with van der Waals surface area (Å²) in [7, 11) is 0. The SMILES string of the molecule is O=C(CSCC(=O)Nc1ccc(F)c(Cl)c1)Nc1ccc(F)c(Cl)c1. The minimum atomic E-state index is -0.577. The Morgan fingerprint density at radius 3 is 1.60 bits per heavy atom. The number of carbonyl (C=O) groups excluding carboxylic acids is 2. The van der Waals surface area contributed by atoms with E-state index in [4.69, 9.17) is 23.2 Å². The maximum absolute atomic E-state index is 13.0. The van der Waals surface area contributed by atoms with Crippen LogP contribution < -0.4 is 10.6 Å². The molecule has 2 amide bonds. The monoisotopic (exact) mass is 404 g/mol. The maximum Gasteiger partial charge on any atom is 0.234 e. The third-order valence-electron chi connectivity index (χ3n) is 2.87. The van der Waals surface area contributed by atoms with Crippen LogP contribution in [0.15, 0.2) is 36.4 Å². The van der Waals surface area contributed by atoms with E-state index >= 15 is 0 Å². The normalized spacial score (nSPS) is 10.4. The molecule has 4 nitrogen and oxygen atoms in total. The highest BCUT2D eigenvalue weighted by molar-refractivity contribution is 8.00. The number of anilines is 2. The average molecular weight is 405 g/mol. The lowest BCUT2D eigenvalue weighted by atomic mass is 10.3. The van der Waals surface area contributed by atoms with Gasteiger partial charge in [-0.1, -0.05) is 23.2 Å². The van der Waals surface area contributed by atoms with Crippen molar-refractivity contribution < 1.29 is 18.4 Å².